The number of carbonyl (C=O) groups is 1. The van der Waals surface area contributed by atoms with Crippen LogP contribution < -0.4 is 0 Å². The molecule has 0 amide bonds. The van der Waals surface area contributed by atoms with Crippen LogP contribution in [0.15, 0.2) is 29.0 Å². The summed E-state index contributed by atoms with van der Waals surface area (Å²) in [6.07, 6.45) is 3.77. The number of hydrogen-bond donors (Lipinski definition) is 2. The first-order chi connectivity index (χ1) is 12.4. The molecule has 0 saturated carbocycles. The summed E-state index contributed by atoms with van der Waals surface area (Å²) in [7, 11) is 0. The third kappa shape index (κ3) is 2.63. The highest BCUT2D eigenvalue weighted by molar-refractivity contribution is 5.97. The van der Waals surface area contributed by atoms with Gasteiger partial charge < -0.3 is 9.40 Å². The van der Waals surface area contributed by atoms with Crippen LogP contribution in [0, 0.1) is 27.7 Å². The number of furan rings is 1. The second-order valence-electron chi connectivity index (χ2n) is 6.74. The van der Waals surface area contributed by atoms with Crippen molar-refractivity contribution in [3.63, 3.8) is 0 Å². The van der Waals surface area contributed by atoms with E-state index in [1.165, 1.54) is 0 Å². The summed E-state index contributed by atoms with van der Waals surface area (Å²) >= 11 is 0. The molecular formula is C20H20N4O2. The second kappa shape index (κ2) is 5.98. The van der Waals surface area contributed by atoms with Gasteiger partial charge in [0, 0.05) is 34.8 Å². The van der Waals surface area contributed by atoms with Gasteiger partial charge in [0.1, 0.15) is 17.1 Å². The standard InChI is InChI=1S/C20H20N4O2/c1-10-9-26-13(4)18(10)16-7-15-5-14(8-21-20(15)22-16)6-17(25)19-11(2)12(3)23-24-19/h5,7-9H,6H2,1-4H3,(H,21,22)(H,23,24). The number of nitrogens with zero attached hydrogens (tertiary/aromatic N) is 2. The molecule has 6 nitrogen and oxygen atoms in total. The van der Waals surface area contributed by atoms with Crippen LogP contribution in [0.5, 0.6) is 0 Å². The SMILES string of the molecule is Cc1coc(C)c1-c1cc2cc(CC(=O)c3n[nH]c(C)c3C)cnc2[nH]1. The number of nitrogens with one attached hydrogen (secondary N) is 2. The van der Waals surface area contributed by atoms with Crippen molar-refractivity contribution < 1.29 is 9.21 Å². The van der Waals surface area contributed by atoms with Crippen molar-refractivity contribution in [2.24, 2.45) is 0 Å². The van der Waals surface area contributed by atoms with Gasteiger partial charge in [-0.05, 0) is 51.0 Å². The molecule has 4 rings (SSSR count). The molecule has 26 heavy (non-hydrogen) atoms. The van der Waals surface area contributed by atoms with Gasteiger partial charge in [-0.1, -0.05) is 0 Å². The number of Topliss-reactive ketones (excluding diaryl/α,β-unsaturated/α-hetero) is 1. The Balaban J connectivity index is 1.66. The van der Waals surface area contributed by atoms with Crippen molar-refractivity contribution in [2.75, 3.05) is 0 Å². The van der Waals surface area contributed by atoms with E-state index in [9.17, 15) is 4.79 Å². The van der Waals surface area contributed by atoms with Crippen LogP contribution in [-0.2, 0) is 6.42 Å². The molecule has 4 aromatic rings. The molecule has 132 valence electrons. The van der Waals surface area contributed by atoms with Gasteiger partial charge in [-0.15, -0.1) is 0 Å². The maximum Gasteiger partial charge on any atom is 0.187 e. The molecule has 0 atom stereocenters. The summed E-state index contributed by atoms with van der Waals surface area (Å²) in [5.41, 5.74) is 7.09. The fraction of sp³-hybridized carbons (Fsp3) is 0.250. The zero-order valence-electron chi connectivity index (χ0n) is 15.2. The van der Waals surface area contributed by atoms with Crippen molar-refractivity contribution in [3.8, 4) is 11.3 Å². The van der Waals surface area contributed by atoms with E-state index < -0.39 is 0 Å². The fourth-order valence-electron chi connectivity index (χ4n) is 3.29. The number of carbonyl (C=O) groups excluding carboxylic acids is 1. The first-order valence-electron chi connectivity index (χ1n) is 8.51. The van der Waals surface area contributed by atoms with Gasteiger partial charge in [0.05, 0.1) is 12.0 Å². The van der Waals surface area contributed by atoms with Crippen LogP contribution in [0.3, 0.4) is 0 Å². The van der Waals surface area contributed by atoms with Crippen LogP contribution in [0.1, 0.15) is 38.6 Å². The molecule has 6 heteroatoms. The first kappa shape index (κ1) is 16.3. The molecule has 0 aliphatic carbocycles. The number of ketones is 1. The maximum atomic E-state index is 12.5. The van der Waals surface area contributed by atoms with Crippen molar-refractivity contribution in [3.05, 3.63) is 58.4 Å². The minimum Gasteiger partial charge on any atom is -0.469 e. The van der Waals surface area contributed by atoms with Gasteiger partial charge in [-0.3, -0.25) is 9.89 Å². The van der Waals surface area contributed by atoms with E-state index in [-0.39, 0.29) is 12.2 Å². The van der Waals surface area contributed by atoms with E-state index in [0.29, 0.717) is 5.69 Å². The molecular weight excluding hydrogens is 328 g/mol. The number of fused-ring (bicyclic) bond motifs is 1. The Morgan fingerprint density at radius 1 is 1.19 bits per heavy atom. The van der Waals surface area contributed by atoms with E-state index in [1.54, 1.807) is 12.5 Å². The Morgan fingerprint density at radius 2 is 2.00 bits per heavy atom. The number of aromatic nitrogens is 4. The van der Waals surface area contributed by atoms with Gasteiger partial charge in [0.15, 0.2) is 5.78 Å². The number of rotatable bonds is 4. The lowest BCUT2D eigenvalue weighted by atomic mass is 10.0. The predicted octanol–water partition coefficient (Wildman–Crippen LogP) is 4.21. The largest absolute Gasteiger partial charge is 0.469 e. The summed E-state index contributed by atoms with van der Waals surface area (Å²) in [6.45, 7) is 7.78. The summed E-state index contributed by atoms with van der Waals surface area (Å²) < 4.78 is 5.49. The van der Waals surface area contributed by atoms with E-state index >= 15 is 0 Å². The summed E-state index contributed by atoms with van der Waals surface area (Å²) in [5, 5.41) is 7.95. The minimum atomic E-state index is -0.00900. The van der Waals surface area contributed by atoms with Gasteiger partial charge in [-0.2, -0.15) is 5.10 Å². The molecule has 0 spiro atoms. The van der Waals surface area contributed by atoms with Crippen LogP contribution in [0.2, 0.25) is 0 Å². The van der Waals surface area contributed by atoms with E-state index in [1.807, 2.05) is 39.8 Å². The van der Waals surface area contributed by atoms with Gasteiger partial charge >= 0.3 is 0 Å². The lowest BCUT2D eigenvalue weighted by molar-refractivity contribution is 0.0987. The zero-order valence-corrected chi connectivity index (χ0v) is 15.2. The van der Waals surface area contributed by atoms with E-state index in [0.717, 1.165) is 50.4 Å². The Morgan fingerprint density at radius 3 is 2.65 bits per heavy atom. The molecule has 0 aliphatic rings. The second-order valence-corrected chi connectivity index (χ2v) is 6.74. The summed E-state index contributed by atoms with van der Waals surface area (Å²) in [4.78, 5) is 20.3. The van der Waals surface area contributed by atoms with Crippen molar-refractivity contribution in [1.82, 2.24) is 20.2 Å². The van der Waals surface area contributed by atoms with E-state index in [4.69, 9.17) is 4.42 Å². The number of aromatic amines is 2. The number of aryl methyl sites for hydroxylation is 3. The van der Waals surface area contributed by atoms with Crippen LogP contribution in [0.25, 0.3) is 22.3 Å². The molecule has 4 heterocycles. The first-order valence-corrected chi connectivity index (χ1v) is 8.51. The normalized spacial score (nSPS) is 11.4. The Kier molecular flexibility index (Phi) is 3.76. The van der Waals surface area contributed by atoms with Crippen molar-refractivity contribution in [1.29, 1.82) is 0 Å². The third-order valence-electron chi connectivity index (χ3n) is 4.84. The average molecular weight is 348 g/mol. The van der Waals surface area contributed by atoms with Gasteiger partial charge in [0.2, 0.25) is 0 Å². The number of hydrogen-bond acceptors (Lipinski definition) is 4. The summed E-state index contributed by atoms with van der Waals surface area (Å²) in [6, 6.07) is 4.05. The predicted molar refractivity (Wildman–Crippen MR) is 99.4 cm³/mol. The molecule has 0 bridgehead atoms. The molecule has 4 aromatic heterocycles. The third-order valence-corrected chi connectivity index (χ3v) is 4.84. The Bertz CT molecular complexity index is 1110. The number of pyridine rings is 1. The Labute approximate surface area is 150 Å². The molecule has 0 aromatic carbocycles. The van der Waals surface area contributed by atoms with Crippen LogP contribution in [0.4, 0.5) is 0 Å². The fourth-order valence-corrected chi connectivity index (χ4v) is 3.29. The highest BCUT2D eigenvalue weighted by Crippen LogP contribution is 2.30. The highest BCUT2D eigenvalue weighted by atomic mass is 16.3. The minimum absolute atomic E-state index is 0.00900. The highest BCUT2D eigenvalue weighted by Gasteiger charge is 2.16. The Hall–Kier alpha value is -3.15. The molecule has 0 saturated heterocycles. The van der Waals surface area contributed by atoms with Crippen molar-refractivity contribution >= 4 is 16.8 Å². The van der Waals surface area contributed by atoms with Crippen LogP contribution in [-0.4, -0.2) is 25.9 Å². The van der Waals surface area contributed by atoms with E-state index in [2.05, 4.69) is 20.2 Å². The molecule has 2 N–H and O–H groups in total. The number of H-pyrrole nitrogens is 2. The van der Waals surface area contributed by atoms with Crippen molar-refractivity contribution in [2.45, 2.75) is 34.1 Å². The quantitative estimate of drug-likeness (QED) is 0.541. The van der Waals surface area contributed by atoms with Gasteiger partial charge in [0.25, 0.3) is 0 Å². The molecule has 0 aliphatic heterocycles. The monoisotopic (exact) mass is 348 g/mol. The maximum absolute atomic E-state index is 12.5. The molecule has 0 fully saturated rings. The lowest BCUT2D eigenvalue weighted by Gasteiger charge is -2.00. The molecule has 0 radical (unpaired) electrons. The summed E-state index contributed by atoms with van der Waals surface area (Å²) in [5.74, 6) is 0.860. The smallest absolute Gasteiger partial charge is 0.187 e. The zero-order chi connectivity index (χ0) is 18.4. The topological polar surface area (TPSA) is 87.6 Å². The van der Waals surface area contributed by atoms with Crippen LogP contribution >= 0.6 is 0 Å². The van der Waals surface area contributed by atoms with Gasteiger partial charge in [-0.25, -0.2) is 4.98 Å². The lowest BCUT2D eigenvalue weighted by Crippen LogP contribution is -2.06. The molecule has 0 unspecified atom stereocenters. The average Bonchev–Trinajstić information content (AvgIpc) is 3.26.